The fraction of sp³-hybridized carbons (Fsp3) is 1.00. The molecule has 1 spiro atoms. The largest absolute Gasteiger partial charge is 0.390 e. The Morgan fingerprint density at radius 2 is 1.78 bits per heavy atom. The minimum Gasteiger partial charge on any atom is -0.348 e. The van der Waals surface area contributed by atoms with Crippen LogP contribution >= 0.6 is 0 Å². The number of hydrogen-bond donors (Lipinski definition) is 1. The summed E-state index contributed by atoms with van der Waals surface area (Å²) in [6.45, 7) is 2.84. The zero-order chi connectivity index (χ0) is 13.2. The predicted octanol–water partition coefficient (Wildman–Crippen LogP) is 2.60. The number of alkyl halides is 3. The van der Waals surface area contributed by atoms with Crippen LogP contribution in [0, 0.1) is 0 Å². The molecule has 106 valence electrons. The summed E-state index contributed by atoms with van der Waals surface area (Å²) in [6.07, 6.45) is -1.72. The van der Waals surface area contributed by atoms with Gasteiger partial charge in [0.25, 0.3) is 0 Å². The van der Waals surface area contributed by atoms with Crippen molar-refractivity contribution in [3.05, 3.63) is 0 Å². The molecule has 1 heterocycles. The van der Waals surface area contributed by atoms with Gasteiger partial charge in [0.2, 0.25) is 0 Å². The highest BCUT2D eigenvalue weighted by molar-refractivity contribution is 4.86. The van der Waals surface area contributed by atoms with Crippen LogP contribution in [0.5, 0.6) is 0 Å². The smallest absolute Gasteiger partial charge is 0.348 e. The van der Waals surface area contributed by atoms with Gasteiger partial charge in [0.15, 0.2) is 5.79 Å². The first-order chi connectivity index (χ1) is 8.39. The van der Waals surface area contributed by atoms with Gasteiger partial charge in [-0.3, -0.25) is 0 Å². The van der Waals surface area contributed by atoms with Crippen molar-refractivity contribution in [3.8, 4) is 0 Å². The number of nitrogens with one attached hydrogen (secondary N) is 1. The summed E-state index contributed by atoms with van der Waals surface area (Å²) in [4.78, 5) is 0. The Morgan fingerprint density at radius 1 is 1.22 bits per heavy atom. The van der Waals surface area contributed by atoms with Crippen molar-refractivity contribution in [1.29, 1.82) is 0 Å². The van der Waals surface area contributed by atoms with Crippen LogP contribution in [0.25, 0.3) is 0 Å². The SMILES string of the molecule is CC(CC(F)(F)F)NC1CCC2(CC1)OCCO2. The summed E-state index contributed by atoms with van der Waals surface area (Å²) in [5, 5.41) is 3.05. The second-order valence-electron chi connectivity index (χ2n) is 5.27. The van der Waals surface area contributed by atoms with Crippen LogP contribution in [0.2, 0.25) is 0 Å². The van der Waals surface area contributed by atoms with E-state index in [1.54, 1.807) is 6.92 Å². The van der Waals surface area contributed by atoms with Crippen molar-refractivity contribution in [2.45, 2.75) is 63.1 Å². The van der Waals surface area contributed by atoms with Crippen LogP contribution in [0.1, 0.15) is 39.0 Å². The molecular weight excluding hydrogens is 247 g/mol. The molecule has 1 aliphatic carbocycles. The Morgan fingerprint density at radius 3 is 2.28 bits per heavy atom. The Labute approximate surface area is 105 Å². The monoisotopic (exact) mass is 267 g/mol. The summed E-state index contributed by atoms with van der Waals surface area (Å²) in [7, 11) is 0. The van der Waals surface area contributed by atoms with Gasteiger partial charge in [-0.1, -0.05) is 0 Å². The molecule has 6 heteroatoms. The van der Waals surface area contributed by atoms with Crippen molar-refractivity contribution in [2.24, 2.45) is 0 Å². The third-order valence-electron chi connectivity index (χ3n) is 3.62. The van der Waals surface area contributed by atoms with Crippen LogP contribution in [-0.2, 0) is 9.47 Å². The lowest BCUT2D eigenvalue weighted by molar-refractivity contribution is -0.180. The zero-order valence-corrected chi connectivity index (χ0v) is 10.6. The van der Waals surface area contributed by atoms with Crippen molar-refractivity contribution in [1.82, 2.24) is 5.32 Å². The van der Waals surface area contributed by atoms with Crippen LogP contribution in [0.15, 0.2) is 0 Å². The van der Waals surface area contributed by atoms with E-state index in [0.29, 0.717) is 13.2 Å². The fourth-order valence-corrected chi connectivity index (χ4v) is 2.82. The summed E-state index contributed by atoms with van der Waals surface area (Å²) in [5.74, 6) is -0.439. The van der Waals surface area contributed by atoms with E-state index in [0.717, 1.165) is 25.7 Å². The molecule has 18 heavy (non-hydrogen) atoms. The Bertz CT molecular complexity index is 267. The molecule has 1 atom stereocenters. The lowest BCUT2D eigenvalue weighted by Gasteiger charge is -2.36. The first-order valence-electron chi connectivity index (χ1n) is 6.49. The van der Waals surface area contributed by atoms with E-state index in [2.05, 4.69) is 5.32 Å². The third-order valence-corrected chi connectivity index (χ3v) is 3.62. The van der Waals surface area contributed by atoms with E-state index in [-0.39, 0.29) is 6.04 Å². The Kier molecular flexibility index (Phi) is 4.18. The molecule has 0 aromatic heterocycles. The zero-order valence-electron chi connectivity index (χ0n) is 10.6. The molecule has 0 radical (unpaired) electrons. The molecule has 0 aromatic rings. The van der Waals surface area contributed by atoms with Gasteiger partial charge in [-0.2, -0.15) is 13.2 Å². The predicted molar refractivity (Wildman–Crippen MR) is 60.2 cm³/mol. The number of halogens is 3. The maximum Gasteiger partial charge on any atom is 0.390 e. The van der Waals surface area contributed by atoms with E-state index in [4.69, 9.17) is 9.47 Å². The number of hydrogen-bond acceptors (Lipinski definition) is 3. The molecule has 3 nitrogen and oxygen atoms in total. The molecule has 0 bridgehead atoms. The summed E-state index contributed by atoms with van der Waals surface area (Å²) < 4.78 is 47.8. The number of ether oxygens (including phenoxy) is 2. The van der Waals surface area contributed by atoms with Gasteiger partial charge in [-0.25, -0.2) is 0 Å². The Hall–Kier alpha value is -0.330. The van der Waals surface area contributed by atoms with Crippen LogP contribution in [-0.4, -0.2) is 37.3 Å². The molecule has 0 amide bonds. The van der Waals surface area contributed by atoms with Crippen LogP contribution in [0.3, 0.4) is 0 Å². The van der Waals surface area contributed by atoms with E-state index >= 15 is 0 Å². The molecule has 2 fully saturated rings. The maximum atomic E-state index is 12.2. The second-order valence-corrected chi connectivity index (χ2v) is 5.27. The minimum atomic E-state index is -4.10. The number of rotatable bonds is 3. The van der Waals surface area contributed by atoms with E-state index in [1.165, 1.54) is 0 Å². The van der Waals surface area contributed by atoms with Gasteiger partial charge in [0.05, 0.1) is 19.6 Å². The van der Waals surface area contributed by atoms with Gasteiger partial charge in [0, 0.05) is 24.9 Å². The van der Waals surface area contributed by atoms with Gasteiger partial charge in [-0.05, 0) is 19.8 Å². The Balaban J connectivity index is 1.73. The van der Waals surface area contributed by atoms with Crippen molar-refractivity contribution in [3.63, 3.8) is 0 Å². The highest BCUT2D eigenvalue weighted by Gasteiger charge is 2.40. The summed E-state index contributed by atoms with van der Waals surface area (Å²) in [6, 6.07) is -0.393. The maximum absolute atomic E-state index is 12.2. The van der Waals surface area contributed by atoms with Crippen molar-refractivity contribution in [2.75, 3.05) is 13.2 Å². The normalized spacial score (nSPS) is 26.7. The third kappa shape index (κ3) is 3.83. The topological polar surface area (TPSA) is 30.5 Å². The van der Waals surface area contributed by atoms with Gasteiger partial charge in [-0.15, -0.1) is 0 Å². The van der Waals surface area contributed by atoms with Crippen LogP contribution < -0.4 is 5.32 Å². The molecular formula is C12H20F3NO2. The summed E-state index contributed by atoms with van der Waals surface area (Å²) >= 11 is 0. The fourth-order valence-electron chi connectivity index (χ4n) is 2.82. The molecule has 0 aromatic carbocycles. The van der Waals surface area contributed by atoms with Crippen LogP contribution in [0.4, 0.5) is 13.2 Å². The molecule has 2 aliphatic rings. The van der Waals surface area contributed by atoms with Gasteiger partial charge >= 0.3 is 6.18 Å². The van der Waals surface area contributed by atoms with Crippen molar-refractivity contribution >= 4 is 0 Å². The molecule has 1 unspecified atom stereocenters. The van der Waals surface area contributed by atoms with E-state index in [1.807, 2.05) is 0 Å². The molecule has 1 N–H and O–H groups in total. The van der Waals surface area contributed by atoms with Crippen molar-refractivity contribution < 1.29 is 22.6 Å². The van der Waals surface area contributed by atoms with Gasteiger partial charge < -0.3 is 14.8 Å². The molecule has 1 saturated heterocycles. The minimum absolute atomic E-state index is 0.140. The quantitative estimate of drug-likeness (QED) is 0.852. The standard InChI is InChI=1S/C12H20F3NO2/c1-9(8-12(13,14)15)16-10-2-4-11(5-3-10)17-6-7-18-11/h9-10,16H,2-8H2,1H3. The lowest BCUT2D eigenvalue weighted by Crippen LogP contribution is -2.45. The van der Waals surface area contributed by atoms with Gasteiger partial charge in [0.1, 0.15) is 0 Å². The average Bonchev–Trinajstić information content (AvgIpc) is 2.68. The average molecular weight is 267 g/mol. The highest BCUT2D eigenvalue weighted by Crippen LogP contribution is 2.36. The first kappa shape index (κ1) is 14.1. The molecule has 1 saturated carbocycles. The highest BCUT2D eigenvalue weighted by atomic mass is 19.4. The first-order valence-corrected chi connectivity index (χ1v) is 6.49. The summed E-state index contributed by atoms with van der Waals surface area (Å²) in [5.41, 5.74) is 0. The second kappa shape index (κ2) is 5.35. The molecule has 2 rings (SSSR count). The van der Waals surface area contributed by atoms with E-state index < -0.39 is 24.4 Å². The molecule has 1 aliphatic heterocycles. The lowest BCUT2D eigenvalue weighted by atomic mass is 9.89. The van der Waals surface area contributed by atoms with E-state index in [9.17, 15) is 13.2 Å².